The molecule has 1 aliphatic heterocycles. The van der Waals surface area contributed by atoms with Crippen LogP contribution in [0.5, 0.6) is 0 Å². The molecule has 2 aromatic carbocycles. The number of hydrogen-bond donors (Lipinski definition) is 2. The summed E-state index contributed by atoms with van der Waals surface area (Å²) in [4.78, 5) is 13.7. The number of likely N-dealkylation sites (N-methyl/N-ethyl adjacent to an activating group) is 1. The summed E-state index contributed by atoms with van der Waals surface area (Å²) in [7, 11) is 2.17. The van der Waals surface area contributed by atoms with Gasteiger partial charge in [-0.2, -0.15) is 4.98 Å². The summed E-state index contributed by atoms with van der Waals surface area (Å²) in [6.07, 6.45) is 1.76. The molecular weight excluding hydrogens is 360 g/mol. The van der Waals surface area contributed by atoms with E-state index in [0.717, 1.165) is 43.4 Å². The predicted octanol–water partition coefficient (Wildman–Crippen LogP) is 4.33. The summed E-state index contributed by atoms with van der Waals surface area (Å²) in [5.74, 6) is 1.34. The molecule has 0 aliphatic carbocycles. The Morgan fingerprint density at radius 2 is 1.62 bits per heavy atom. The summed E-state index contributed by atoms with van der Waals surface area (Å²) in [6, 6.07) is 16.7. The highest BCUT2D eigenvalue weighted by Crippen LogP contribution is 2.23. The summed E-state index contributed by atoms with van der Waals surface area (Å²) >= 11 is 0. The molecule has 6 nitrogen and oxygen atoms in total. The van der Waals surface area contributed by atoms with E-state index in [1.165, 1.54) is 16.8 Å². The van der Waals surface area contributed by atoms with Gasteiger partial charge in [-0.15, -0.1) is 0 Å². The molecule has 0 spiro atoms. The molecule has 3 aromatic rings. The van der Waals surface area contributed by atoms with E-state index in [9.17, 15) is 0 Å². The van der Waals surface area contributed by atoms with E-state index in [1.54, 1.807) is 6.20 Å². The lowest BCUT2D eigenvalue weighted by atomic mass is 10.1. The van der Waals surface area contributed by atoms with E-state index in [4.69, 9.17) is 0 Å². The Bertz CT molecular complexity index is 961. The van der Waals surface area contributed by atoms with Crippen molar-refractivity contribution in [2.24, 2.45) is 0 Å². The quantitative estimate of drug-likeness (QED) is 0.678. The van der Waals surface area contributed by atoms with E-state index in [-0.39, 0.29) is 0 Å². The molecule has 0 saturated carbocycles. The minimum absolute atomic E-state index is 0.576. The first-order chi connectivity index (χ1) is 14.1. The molecule has 0 bridgehead atoms. The molecule has 1 aromatic heterocycles. The molecule has 29 heavy (non-hydrogen) atoms. The topological polar surface area (TPSA) is 56.3 Å². The highest BCUT2D eigenvalue weighted by molar-refractivity contribution is 5.63. The number of aromatic nitrogens is 2. The second-order valence-electron chi connectivity index (χ2n) is 7.67. The Morgan fingerprint density at radius 1 is 0.862 bits per heavy atom. The smallest absolute Gasteiger partial charge is 0.229 e. The van der Waals surface area contributed by atoms with E-state index < -0.39 is 0 Å². The first kappa shape index (κ1) is 19.2. The lowest BCUT2D eigenvalue weighted by Crippen LogP contribution is -2.44. The van der Waals surface area contributed by atoms with Crippen LogP contribution in [0.15, 0.2) is 54.7 Å². The van der Waals surface area contributed by atoms with Gasteiger partial charge in [0.15, 0.2) is 0 Å². The minimum atomic E-state index is 0.576. The Balaban J connectivity index is 1.42. The molecule has 0 radical (unpaired) electrons. The second-order valence-corrected chi connectivity index (χ2v) is 7.67. The van der Waals surface area contributed by atoms with Gasteiger partial charge in [-0.3, -0.25) is 0 Å². The molecule has 0 unspecified atom stereocenters. The molecule has 150 valence electrons. The van der Waals surface area contributed by atoms with Gasteiger partial charge >= 0.3 is 0 Å². The lowest BCUT2D eigenvalue weighted by molar-refractivity contribution is 0.313. The zero-order valence-electron chi connectivity index (χ0n) is 17.3. The number of piperazine rings is 1. The molecule has 0 amide bonds. The largest absolute Gasteiger partial charge is 0.369 e. The number of rotatable bonds is 5. The van der Waals surface area contributed by atoms with Crippen LogP contribution in [0.3, 0.4) is 0 Å². The highest BCUT2D eigenvalue weighted by Gasteiger charge is 2.14. The molecule has 2 N–H and O–H groups in total. The average Bonchev–Trinajstić information content (AvgIpc) is 2.72. The van der Waals surface area contributed by atoms with Crippen molar-refractivity contribution in [2.75, 3.05) is 48.8 Å². The summed E-state index contributed by atoms with van der Waals surface area (Å²) in [5, 5.41) is 6.68. The van der Waals surface area contributed by atoms with Crippen molar-refractivity contribution >= 4 is 28.8 Å². The van der Waals surface area contributed by atoms with Crippen LogP contribution in [0.1, 0.15) is 11.1 Å². The molecule has 2 heterocycles. The molecule has 1 aliphatic rings. The average molecular weight is 389 g/mol. The Hall–Kier alpha value is -3.12. The van der Waals surface area contributed by atoms with Gasteiger partial charge in [0.25, 0.3) is 0 Å². The van der Waals surface area contributed by atoms with Crippen LogP contribution < -0.4 is 15.5 Å². The minimum Gasteiger partial charge on any atom is -0.369 e. The van der Waals surface area contributed by atoms with Crippen molar-refractivity contribution < 1.29 is 0 Å². The fourth-order valence-corrected chi connectivity index (χ4v) is 3.53. The van der Waals surface area contributed by atoms with Crippen LogP contribution in [0.4, 0.5) is 28.8 Å². The van der Waals surface area contributed by atoms with Crippen LogP contribution in [0, 0.1) is 13.8 Å². The second kappa shape index (κ2) is 8.49. The Labute approximate surface area is 172 Å². The predicted molar refractivity (Wildman–Crippen MR) is 121 cm³/mol. The number of hydrogen-bond acceptors (Lipinski definition) is 6. The monoisotopic (exact) mass is 388 g/mol. The molecule has 6 heteroatoms. The van der Waals surface area contributed by atoms with Crippen LogP contribution >= 0.6 is 0 Å². The number of benzene rings is 2. The first-order valence-corrected chi connectivity index (χ1v) is 10.0. The van der Waals surface area contributed by atoms with E-state index >= 15 is 0 Å². The third-order valence-corrected chi connectivity index (χ3v) is 5.29. The van der Waals surface area contributed by atoms with Crippen molar-refractivity contribution in [2.45, 2.75) is 13.8 Å². The SMILES string of the molecule is Cc1ccc(Nc2ccnc(Nc3ccc(N4CCN(C)CC4)cc3)n2)c(C)c1. The third kappa shape index (κ3) is 4.84. The zero-order chi connectivity index (χ0) is 20.2. The normalized spacial score (nSPS) is 14.7. The van der Waals surface area contributed by atoms with E-state index in [2.05, 4.69) is 93.8 Å². The molecule has 0 atom stereocenters. The van der Waals surface area contributed by atoms with Crippen molar-refractivity contribution in [3.8, 4) is 0 Å². The van der Waals surface area contributed by atoms with Crippen LogP contribution in [-0.2, 0) is 0 Å². The molecule has 1 saturated heterocycles. The van der Waals surface area contributed by atoms with Gasteiger partial charge in [-0.05, 0) is 62.9 Å². The van der Waals surface area contributed by atoms with Gasteiger partial charge in [0, 0.05) is 49.4 Å². The van der Waals surface area contributed by atoms with Crippen LogP contribution in [0.2, 0.25) is 0 Å². The lowest BCUT2D eigenvalue weighted by Gasteiger charge is -2.34. The molecule has 4 rings (SSSR count). The number of anilines is 5. The van der Waals surface area contributed by atoms with Crippen molar-refractivity contribution in [1.29, 1.82) is 0 Å². The van der Waals surface area contributed by atoms with E-state index in [1.807, 2.05) is 6.07 Å². The maximum absolute atomic E-state index is 4.60. The maximum Gasteiger partial charge on any atom is 0.229 e. The number of aryl methyl sites for hydroxylation is 2. The summed E-state index contributed by atoms with van der Waals surface area (Å²) in [5.41, 5.74) is 5.73. The van der Waals surface area contributed by atoms with E-state index in [0.29, 0.717) is 5.95 Å². The fourth-order valence-electron chi connectivity index (χ4n) is 3.53. The van der Waals surface area contributed by atoms with Crippen molar-refractivity contribution in [3.63, 3.8) is 0 Å². The van der Waals surface area contributed by atoms with Gasteiger partial charge in [-0.25, -0.2) is 4.98 Å². The van der Waals surface area contributed by atoms with Gasteiger partial charge in [0.1, 0.15) is 5.82 Å². The number of nitrogens with one attached hydrogen (secondary N) is 2. The molecule has 1 fully saturated rings. The van der Waals surface area contributed by atoms with Gasteiger partial charge in [0.05, 0.1) is 0 Å². The van der Waals surface area contributed by atoms with Crippen molar-refractivity contribution in [3.05, 3.63) is 65.9 Å². The zero-order valence-corrected chi connectivity index (χ0v) is 17.3. The van der Waals surface area contributed by atoms with Crippen molar-refractivity contribution in [1.82, 2.24) is 14.9 Å². The number of nitrogens with zero attached hydrogens (tertiary/aromatic N) is 4. The van der Waals surface area contributed by atoms with Crippen LogP contribution in [0.25, 0.3) is 0 Å². The molecular formula is C23H28N6. The Kier molecular flexibility index (Phi) is 5.62. The fraction of sp³-hybridized carbons (Fsp3) is 0.304. The summed E-state index contributed by atoms with van der Waals surface area (Å²) in [6.45, 7) is 8.54. The third-order valence-electron chi connectivity index (χ3n) is 5.29. The highest BCUT2D eigenvalue weighted by atomic mass is 15.2. The van der Waals surface area contributed by atoms with Gasteiger partial charge < -0.3 is 20.4 Å². The van der Waals surface area contributed by atoms with Crippen LogP contribution in [-0.4, -0.2) is 48.1 Å². The Morgan fingerprint density at radius 3 is 2.34 bits per heavy atom. The first-order valence-electron chi connectivity index (χ1n) is 10.0. The standard InChI is InChI=1S/C23H28N6/c1-17-4-9-21(18(2)16-17)26-22-10-11-24-23(27-22)25-19-5-7-20(8-6-19)29-14-12-28(3)13-15-29/h4-11,16H,12-15H2,1-3H3,(H2,24,25,26,27). The maximum atomic E-state index is 4.60. The van der Waals surface area contributed by atoms with Gasteiger partial charge in [-0.1, -0.05) is 17.7 Å². The van der Waals surface area contributed by atoms with Gasteiger partial charge in [0.2, 0.25) is 5.95 Å². The summed E-state index contributed by atoms with van der Waals surface area (Å²) < 4.78 is 0.